The Hall–Kier alpha value is -1.72. The molecule has 0 radical (unpaired) electrons. The minimum absolute atomic E-state index is 0.227. The molecule has 1 aromatic heterocycles. The van der Waals surface area contributed by atoms with Crippen LogP contribution in [0, 0.1) is 5.92 Å². The molecule has 0 bridgehead atoms. The lowest BCUT2D eigenvalue weighted by atomic mass is 10.2. The fourth-order valence-corrected chi connectivity index (χ4v) is 1.70. The number of rotatable bonds is 5. The van der Waals surface area contributed by atoms with E-state index in [2.05, 4.69) is 5.32 Å². The summed E-state index contributed by atoms with van der Waals surface area (Å²) < 4.78 is 2.53. The van der Waals surface area contributed by atoms with Gasteiger partial charge in [-0.1, -0.05) is 20.8 Å². The normalized spacial score (nSPS) is 10.9. The summed E-state index contributed by atoms with van der Waals surface area (Å²) >= 11 is 0. The second-order valence-electron chi connectivity index (χ2n) is 4.83. The number of nitrogens with one attached hydrogen (secondary N) is 1. The summed E-state index contributed by atoms with van der Waals surface area (Å²) in [7, 11) is 1.47. The third kappa shape index (κ3) is 2.75. The van der Waals surface area contributed by atoms with Gasteiger partial charge in [0, 0.05) is 20.1 Å². The molecule has 6 heteroatoms. The minimum atomic E-state index is -0.370. The van der Waals surface area contributed by atoms with E-state index in [0.29, 0.717) is 24.7 Å². The number of nitrogens with zero attached hydrogens (tertiary/aromatic N) is 2. The monoisotopic (exact) mass is 254 g/mol. The van der Waals surface area contributed by atoms with E-state index in [0.717, 1.165) is 11.0 Å². The second kappa shape index (κ2) is 5.75. The van der Waals surface area contributed by atoms with Crippen molar-refractivity contribution in [3.63, 3.8) is 0 Å². The van der Waals surface area contributed by atoms with E-state index in [1.54, 1.807) is 0 Å². The van der Waals surface area contributed by atoms with Crippen LogP contribution in [0.1, 0.15) is 27.2 Å². The molecule has 0 unspecified atom stereocenters. The summed E-state index contributed by atoms with van der Waals surface area (Å²) in [6.07, 6.45) is 0.784. The molecule has 0 atom stereocenters. The number of aromatic nitrogens is 2. The number of hydrogen-bond donors (Lipinski definition) is 2. The Balaban J connectivity index is 3.33. The summed E-state index contributed by atoms with van der Waals surface area (Å²) in [5.74, 6) is 0.617. The molecule has 0 saturated carbocycles. The van der Waals surface area contributed by atoms with Crippen LogP contribution in [0.3, 0.4) is 0 Å². The fraction of sp³-hybridized carbons (Fsp3) is 0.667. The lowest BCUT2D eigenvalue weighted by Crippen LogP contribution is -2.41. The zero-order valence-corrected chi connectivity index (χ0v) is 11.5. The van der Waals surface area contributed by atoms with Crippen molar-refractivity contribution in [1.29, 1.82) is 0 Å². The van der Waals surface area contributed by atoms with Gasteiger partial charge in [0.15, 0.2) is 0 Å². The van der Waals surface area contributed by atoms with Gasteiger partial charge < -0.3 is 11.1 Å². The van der Waals surface area contributed by atoms with Crippen molar-refractivity contribution in [1.82, 2.24) is 9.13 Å². The average molecular weight is 254 g/mol. The molecule has 0 aliphatic carbocycles. The van der Waals surface area contributed by atoms with Crippen LogP contribution in [0.5, 0.6) is 0 Å². The minimum Gasteiger partial charge on any atom is -0.383 e. The molecule has 0 fully saturated rings. The van der Waals surface area contributed by atoms with Gasteiger partial charge in [-0.15, -0.1) is 0 Å². The van der Waals surface area contributed by atoms with Crippen molar-refractivity contribution in [3.8, 4) is 0 Å². The average Bonchev–Trinajstić information content (AvgIpc) is 2.31. The van der Waals surface area contributed by atoms with Gasteiger partial charge in [-0.2, -0.15) is 0 Å². The van der Waals surface area contributed by atoms with Crippen molar-refractivity contribution < 1.29 is 0 Å². The molecule has 0 amide bonds. The van der Waals surface area contributed by atoms with Crippen LogP contribution >= 0.6 is 0 Å². The van der Waals surface area contributed by atoms with E-state index < -0.39 is 0 Å². The highest BCUT2D eigenvalue weighted by Crippen LogP contribution is 2.11. The van der Waals surface area contributed by atoms with Crippen molar-refractivity contribution in [2.75, 3.05) is 17.6 Å². The molecule has 1 aromatic rings. The Morgan fingerprint density at radius 2 is 1.94 bits per heavy atom. The van der Waals surface area contributed by atoms with Gasteiger partial charge in [-0.25, -0.2) is 4.79 Å². The van der Waals surface area contributed by atoms with Crippen LogP contribution in [-0.4, -0.2) is 15.7 Å². The lowest BCUT2D eigenvalue weighted by Gasteiger charge is -2.16. The van der Waals surface area contributed by atoms with E-state index in [-0.39, 0.29) is 17.1 Å². The van der Waals surface area contributed by atoms with Gasteiger partial charge in [-0.05, 0) is 12.3 Å². The lowest BCUT2D eigenvalue weighted by molar-refractivity contribution is 0.598. The van der Waals surface area contributed by atoms with Crippen LogP contribution in [0.2, 0.25) is 0 Å². The highest BCUT2D eigenvalue weighted by atomic mass is 16.2. The molecule has 18 heavy (non-hydrogen) atoms. The number of nitrogens with two attached hydrogens (primary N) is 1. The van der Waals surface area contributed by atoms with Crippen molar-refractivity contribution in [3.05, 3.63) is 20.8 Å². The highest BCUT2D eigenvalue weighted by Gasteiger charge is 2.14. The largest absolute Gasteiger partial charge is 0.383 e. The Kier molecular flexibility index (Phi) is 4.58. The molecular formula is C12H22N4O2. The Labute approximate surface area is 106 Å². The predicted octanol–water partition coefficient (Wildman–Crippen LogP) is 0.607. The van der Waals surface area contributed by atoms with E-state index >= 15 is 0 Å². The first kappa shape index (κ1) is 14.3. The van der Waals surface area contributed by atoms with Crippen LogP contribution in [0.4, 0.5) is 11.5 Å². The first-order valence-electron chi connectivity index (χ1n) is 6.23. The molecule has 0 aliphatic heterocycles. The SMILES string of the molecule is CCCn1c(N)c(NCC(C)C)c(=O)n(C)c1=O. The molecule has 0 aliphatic rings. The summed E-state index contributed by atoms with van der Waals surface area (Å²) in [5.41, 5.74) is 5.50. The van der Waals surface area contributed by atoms with Gasteiger partial charge in [0.2, 0.25) is 0 Å². The molecular weight excluding hydrogens is 232 g/mol. The van der Waals surface area contributed by atoms with Gasteiger partial charge in [0.1, 0.15) is 11.5 Å². The van der Waals surface area contributed by atoms with Gasteiger partial charge in [0.25, 0.3) is 5.56 Å². The molecule has 102 valence electrons. The standard InChI is InChI=1S/C12H22N4O2/c1-5-6-16-10(13)9(14-7-8(2)3)11(17)15(4)12(16)18/h8,14H,5-7,13H2,1-4H3. The number of hydrogen-bond acceptors (Lipinski definition) is 4. The quantitative estimate of drug-likeness (QED) is 0.806. The summed E-state index contributed by atoms with van der Waals surface area (Å²) in [4.78, 5) is 23.9. The number of anilines is 2. The summed E-state index contributed by atoms with van der Waals surface area (Å²) in [5, 5.41) is 3.03. The van der Waals surface area contributed by atoms with Crippen molar-refractivity contribution in [2.24, 2.45) is 13.0 Å². The Bertz CT molecular complexity index is 528. The molecule has 1 rings (SSSR count). The predicted molar refractivity (Wildman–Crippen MR) is 74.0 cm³/mol. The summed E-state index contributed by atoms with van der Waals surface area (Å²) in [6, 6.07) is 0. The maximum absolute atomic E-state index is 12.0. The van der Waals surface area contributed by atoms with Gasteiger partial charge in [0.05, 0.1) is 0 Å². The van der Waals surface area contributed by atoms with E-state index in [1.165, 1.54) is 11.6 Å². The molecule has 3 N–H and O–H groups in total. The maximum atomic E-state index is 12.0. The maximum Gasteiger partial charge on any atom is 0.332 e. The van der Waals surface area contributed by atoms with Gasteiger partial charge in [-0.3, -0.25) is 13.9 Å². The van der Waals surface area contributed by atoms with Crippen LogP contribution < -0.4 is 22.3 Å². The third-order valence-electron chi connectivity index (χ3n) is 2.72. The molecule has 1 heterocycles. The van der Waals surface area contributed by atoms with Crippen LogP contribution in [0.25, 0.3) is 0 Å². The topological polar surface area (TPSA) is 82.0 Å². The zero-order chi connectivity index (χ0) is 13.9. The Morgan fingerprint density at radius 1 is 1.33 bits per heavy atom. The van der Waals surface area contributed by atoms with Crippen molar-refractivity contribution >= 4 is 11.5 Å². The fourth-order valence-electron chi connectivity index (χ4n) is 1.70. The second-order valence-corrected chi connectivity index (χ2v) is 4.83. The highest BCUT2D eigenvalue weighted by molar-refractivity contribution is 5.60. The first-order valence-corrected chi connectivity index (χ1v) is 6.23. The third-order valence-corrected chi connectivity index (χ3v) is 2.72. The first-order chi connectivity index (χ1) is 8.40. The van der Waals surface area contributed by atoms with E-state index in [4.69, 9.17) is 5.73 Å². The van der Waals surface area contributed by atoms with Crippen molar-refractivity contribution in [2.45, 2.75) is 33.7 Å². The molecule has 0 saturated heterocycles. The molecule has 0 aromatic carbocycles. The van der Waals surface area contributed by atoms with Crippen LogP contribution in [0.15, 0.2) is 9.59 Å². The summed E-state index contributed by atoms with van der Waals surface area (Å²) in [6.45, 7) is 7.18. The zero-order valence-electron chi connectivity index (χ0n) is 11.5. The smallest absolute Gasteiger partial charge is 0.332 e. The number of nitrogen functional groups attached to an aromatic ring is 1. The van der Waals surface area contributed by atoms with E-state index in [1.807, 2.05) is 20.8 Å². The Morgan fingerprint density at radius 3 is 2.44 bits per heavy atom. The van der Waals surface area contributed by atoms with Crippen LogP contribution in [-0.2, 0) is 13.6 Å². The van der Waals surface area contributed by atoms with E-state index in [9.17, 15) is 9.59 Å². The van der Waals surface area contributed by atoms with Gasteiger partial charge >= 0.3 is 5.69 Å². The molecule has 0 spiro atoms. The molecule has 6 nitrogen and oxygen atoms in total.